The maximum atomic E-state index is 12.5. The van der Waals surface area contributed by atoms with Crippen LogP contribution < -0.4 is 0 Å². The molecule has 0 saturated carbocycles. The Morgan fingerprint density at radius 3 is 1.96 bits per heavy atom. The third-order valence-electron chi connectivity index (χ3n) is 5.31. The van der Waals surface area contributed by atoms with E-state index < -0.39 is 19.0 Å². The molecule has 0 amide bonds. The lowest BCUT2D eigenvalue weighted by Gasteiger charge is -2.45. The lowest BCUT2D eigenvalue weighted by atomic mass is 10.4. The van der Waals surface area contributed by atoms with E-state index in [4.69, 9.17) is 0 Å². The molecule has 1 unspecified atom stereocenters. The van der Waals surface area contributed by atoms with Crippen LogP contribution in [0.25, 0.3) is 6.08 Å². The van der Waals surface area contributed by atoms with Gasteiger partial charge in [-0.05, 0) is 53.2 Å². The van der Waals surface area contributed by atoms with Crippen molar-refractivity contribution in [2.75, 3.05) is 0 Å². The van der Waals surface area contributed by atoms with Gasteiger partial charge in [-0.3, -0.25) is 0 Å². The van der Waals surface area contributed by atoms with Crippen LogP contribution in [0.5, 0.6) is 0 Å². The third kappa shape index (κ3) is 3.90. The predicted octanol–water partition coefficient (Wildman–Crippen LogP) is 6.29. The highest BCUT2D eigenvalue weighted by Crippen LogP contribution is 2.43. The fourth-order valence-electron chi connectivity index (χ4n) is 4.48. The number of aromatic nitrogens is 1. The van der Waals surface area contributed by atoms with Crippen LogP contribution in [-0.2, 0) is 10.8 Å². The van der Waals surface area contributed by atoms with E-state index in [0.29, 0.717) is 16.6 Å². The summed E-state index contributed by atoms with van der Waals surface area (Å²) in [6.07, 6.45) is 4.27. The molecule has 2 rings (SSSR count). The molecule has 0 spiro atoms. The monoisotopic (exact) mass is 373 g/mol. The summed E-state index contributed by atoms with van der Waals surface area (Å²) in [7, 11) is -2.89. The summed E-state index contributed by atoms with van der Waals surface area (Å²) < 4.78 is 15.1. The van der Waals surface area contributed by atoms with E-state index in [1.165, 1.54) is 5.69 Å². The molecule has 0 bridgehead atoms. The molecule has 1 atom stereocenters. The lowest BCUT2D eigenvalue weighted by Crippen LogP contribution is -2.52. The minimum atomic E-state index is -1.78. The third-order valence-corrected chi connectivity index (χ3v) is 13.2. The Labute approximate surface area is 156 Å². The second-order valence-electron chi connectivity index (χ2n) is 7.57. The van der Waals surface area contributed by atoms with Crippen LogP contribution in [0.3, 0.4) is 0 Å². The van der Waals surface area contributed by atoms with Crippen molar-refractivity contribution in [2.24, 2.45) is 0 Å². The summed E-state index contributed by atoms with van der Waals surface area (Å²) in [5, 5.41) is 1.82. The molecule has 0 aliphatic rings. The second kappa shape index (κ2) is 8.32. The predicted molar refractivity (Wildman–Crippen MR) is 113 cm³/mol. The van der Waals surface area contributed by atoms with Crippen molar-refractivity contribution >= 4 is 25.1 Å². The minimum Gasteiger partial charge on any atom is -0.374 e. The summed E-state index contributed by atoms with van der Waals surface area (Å²) in [5.41, 5.74) is 3.07. The molecule has 0 saturated heterocycles. The van der Waals surface area contributed by atoms with Crippen LogP contribution in [0.15, 0.2) is 59.0 Å². The molecule has 2 aromatic rings. The Morgan fingerprint density at radius 1 is 0.880 bits per heavy atom. The first-order valence-electron chi connectivity index (χ1n) is 9.13. The van der Waals surface area contributed by atoms with Gasteiger partial charge in [0.2, 0.25) is 0 Å². The molecule has 0 fully saturated rings. The smallest absolute Gasteiger partial charge is 0.169 e. The summed E-state index contributed by atoms with van der Waals surface area (Å²) >= 11 is 0. The van der Waals surface area contributed by atoms with Crippen molar-refractivity contribution in [1.29, 1.82) is 0 Å². The Kier molecular flexibility index (Phi) is 6.63. The molecule has 1 aromatic carbocycles. The maximum Gasteiger partial charge on any atom is 0.169 e. The van der Waals surface area contributed by atoms with Crippen LogP contribution in [0, 0.1) is 0 Å². The number of benzene rings is 1. The summed E-state index contributed by atoms with van der Waals surface area (Å²) in [6.45, 7) is 14.2. The van der Waals surface area contributed by atoms with Crippen molar-refractivity contribution in [1.82, 2.24) is 4.23 Å². The van der Waals surface area contributed by atoms with Crippen molar-refractivity contribution < 1.29 is 4.21 Å². The first-order chi connectivity index (χ1) is 11.8. The topological polar surface area (TPSA) is 22.0 Å². The van der Waals surface area contributed by atoms with E-state index in [-0.39, 0.29) is 0 Å². The van der Waals surface area contributed by atoms with Gasteiger partial charge in [0.25, 0.3) is 0 Å². The van der Waals surface area contributed by atoms with Gasteiger partial charge in [-0.15, -0.1) is 0 Å². The van der Waals surface area contributed by atoms with Crippen LogP contribution in [-0.4, -0.2) is 16.7 Å². The second-order valence-corrected chi connectivity index (χ2v) is 14.6. The maximum absolute atomic E-state index is 12.5. The quantitative estimate of drug-likeness (QED) is 0.523. The van der Waals surface area contributed by atoms with E-state index >= 15 is 0 Å². The van der Waals surface area contributed by atoms with Gasteiger partial charge in [0.15, 0.2) is 8.24 Å². The number of hydrogen-bond acceptors (Lipinski definition) is 1. The lowest BCUT2D eigenvalue weighted by molar-refractivity contribution is 0.688. The Balaban J connectivity index is 2.42. The highest BCUT2D eigenvalue weighted by Gasteiger charge is 2.45. The van der Waals surface area contributed by atoms with E-state index in [1.54, 1.807) is 0 Å². The van der Waals surface area contributed by atoms with Crippen LogP contribution in [0.1, 0.15) is 47.2 Å². The zero-order valence-electron chi connectivity index (χ0n) is 16.3. The molecule has 0 aliphatic carbocycles. The number of hydrogen-bond donors (Lipinski definition) is 0. The molecule has 25 heavy (non-hydrogen) atoms. The molecule has 0 radical (unpaired) electrons. The number of nitrogens with zero attached hydrogens (tertiary/aromatic N) is 1. The van der Waals surface area contributed by atoms with Crippen molar-refractivity contribution in [3.8, 4) is 0 Å². The molecule has 0 aliphatic heterocycles. The molecular weight excluding hydrogens is 342 g/mol. The Morgan fingerprint density at radius 2 is 1.44 bits per heavy atom. The van der Waals surface area contributed by atoms with Gasteiger partial charge in [0.05, 0.1) is 10.8 Å². The van der Waals surface area contributed by atoms with E-state index in [0.717, 1.165) is 4.90 Å². The van der Waals surface area contributed by atoms with Gasteiger partial charge in [0, 0.05) is 16.0 Å². The van der Waals surface area contributed by atoms with Gasteiger partial charge < -0.3 is 4.23 Å². The van der Waals surface area contributed by atoms with Gasteiger partial charge in [0.1, 0.15) is 0 Å². The first-order valence-corrected chi connectivity index (χ1v) is 12.5. The first kappa shape index (κ1) is 19.9. The Hall–Kier alpha value is -1.39. The zero-order valence-corrected chi connectivity index (χ0v) is 18.1. The molecule has 136 valence electrons. The van der Waals surface area contributed by atoms with Crippen molar-refractivity contribution in [3.05, 3.63) is 59.8 Å². The minimum absolute atomic E-state index is 0.631. The fraction of sp³-hybridized carbons (Fsp3) is 0.429. The molecule has 1 aromatic heterocycles. The van der Waals surface area contributed by atoms with E-state index in [9.17, 15) is 4.21 Å². The van der Waals surface area contributed by atoms with E-state index in [2.05, 4.69) is 64.1 Å². The molecule has 2 nitrogen and oxygen atoms in total. The van der Waals surface area contributed by atoms with Crippen molar-refractivity contribution in [2.45, 2.75) is 63.1 Å². The Bertz CT molecular complexity index is 710. The zero-order chi connectivity index (χ0) is 18.6. The van der Waals surface area contributed by atoms with Gasteiger partial charge in [-0.2, -0.15) is 0 Å². The molecule has 4 heteroatoms. The normalized spacial score (nSPS) is 14.1. The number of rotatable bonds is 7. The molecule has 0 N–H and O–H groups in total. The average Bonchev–Trinajstić information content (AvgIpc) is 3.01. The highest BCUT2D eigenvalue weighted by atomic mass is 32.2. The van der Waals surface area contributed by atoms with Crippen molar-refractivity contribution in [3.63, 3.8) is 0 Å². The van der Waals surface area contributed by atoms with Crippen LogP contribution in [0.2, 0.25) is 16.6 Å². The fourth-order valence-corrected chi connectivity index (χ4v) is 11.9. The largest absolute Gasteiger partial charge is 0.374 e. The highest BCUT2D eigenvalue weighted by molar-refractivity contribution is 7.88. The molecular formula is C21H31NOSSi. The average molecular weight is 374 g/mol. The van der Waals surface area contributed by atoms with Gasteiger partial charge in [-0.1, -0.05) is 59.7 Å². The van der Waals surface area contributed by atoms with Crippen LogP contribution >= 0.6 is 0 Å². The van der Waals surface area contributed by atoms with Gasteiger partial charge >= 0.3 is 0 Å². The van der Waals surface area contributed by atoms with E-state index in [1.807, 2.05) is 41.8 Å². The van der Waals surface area contributed by atoms with Crippen LogP contribution in [0.4, 0.5) is 0 Å². The standard InChI is InChI=1S/C21H31NOSSi/c1-17(2)25(18(3)4,19(5)6)22-15-10-11-20(22)14-16-24(23)21-12-8-7-9-13-21/h7-19H,1-6H3/b16-14+. The summed E-state index contributed by atoms with van der Waals surface area (Å²) in [6, 6.07) is 13.9. The summed E-state index contributed by atoms with van der Waals surface area (Å²) in [4.78, 5) is 0.844. The molecule has 1 heterocycles. The SMILES string of the molecule is CC(C)[Si](C(C)C)(C(C)C)n1cccc1/C=C/S(=O)c1ccccc1. The summed E-state index contributed by atoms with van der Waals surface area (Å²) in [5.74, 6) is 0. The van der Waals surface area contributed by atoms with Gasteiger partial charge in [-0.25, -0.2) is 4.21 Å².